The molecule has 0 N–H and O–H groups in total. The van der Waals surface area contributed by atoms with Crippen LogP contribution in [0.15, 0.2) is 59.9 Å². The molecule has 0 saturated carbocycles. The van der Waals surface area contributed by atoms with E-state index in [0.717, 1.165) is 38.1 Å². The number of halogens is 1. The summed E-state index contributed by atoms with van der Waals surface area (Å²) in [4.78, 5) is 35.6. The molecule has 218 valence electrons. The maximum absolute atomic E-state index is 14.5. The Bertz CT molecular complexity index is 1670. The number of carbonyl (C=O) groups excluding carboxylic acids is 2. The van der Waals surface area contributed by atoms with E-state index >= 15 is 0 Å². The number of ether oxygens (including phenoxy) is 1. The van der Waals surface area contributed by atoms with E-state index in [1.165, 1.54) is 11.6 Å². The monoisotopic (exact) mass is 630 g/mol. The quantitative estimate of drug-likeness (QED) is 0.266. The lowest BCUT2D eigenvalue weighted by molar-refractivity contribution is -0.126. The van der Waals surface area contributed by atoms with Crippen molar-refractivity contribution in [1.82, 2.24) is 29.1 Å². The molecular weight excluding hydrogens is 596 g/mol. The lowest BCUT2D eigenvalue weighted by atomic mass is 9.94. The molecule has 4 heterocycles. The van der Waals surface area contributed by atoms with Gasteiger partial charge in [0.25, 0.3) is 5.91 Å². The summed E-state index contributed by atoms with van der Waals surface area (Å²) in [5, 5.41) is 5.08. The smallest absolute Gasteiger partial charge is 0.256 e. The lowest BCUT2D eigenvalue weighted by Gasteiger charge is -2.38. The van der Waals surface area contributed by atoms with Crippen molar-refractivity contribution in [2.45, 2.75) is 45.2 Å². The normalized spacial score (nSPS) is 16.5. The van der Waals surface area contributed by atoms with Crippen LogP contribution in [0, 0.1) is 0 Å². The molecule has 2 aromatic heterocycles. The fourth-order valence-corrected chi connectivity index (χ4v) is 6.64. The van der Waals surface area contributed by atoms with E-state index in [1.54, 1.807) is 18.3 Å². The summed E-state index contributed by atoms with van der Waals surface area (Å²) in [5.41, 5.74) is 7.47. The molecule has 2 aliphatic rings. The lowest BCUT2D eigenvalue weighted by Crippen LogP contribution is -2.46. The van der Waals surface area contributed by atoms with Crippen LogP contribution in [0.4, 0.5) is 0 Å². The Balaban J connectivity index is 1.44. The number of fused-ring (bicyclic) bond motifs is 1. The van der Waals surface area contributed by atoms with Crippen LogP contribution in [0.25, 0.3) is 16.7 Å². The second-order valence-electron chi connectivity index (χ2n) is 11.2. The Morgan fingerprint density at radius 3 is 2.64 bits per heavy atom. The molecule has 4 aromatic rings. The number of imidazole rings is 1. The summed E-state index contributed by atoms with van der Waals surface area (Å²) < 4.78 is 10.2. The molecule has 1 atom stereocenters. The third-order valence-corrected chi connectivity index (χ3v) is 9.08. The van der Waals surface area contributed by atoms with Crippen molar-refractivity contribution in [3.05, 3.63) is 87.9 Å². The number of methoxy groups -OCH3 is 1. The fraction of sp³-hybridized carbons (Fsp3) is 0.375. The zero-order valence-electron chi connectivity index (χ0n) is 24.2. The first-order valence-corrected chi connectivity index (χ1v) is 15.2. The van der Waals surface area contributed by atoms with Gasteiger partial charge in [0.05, 0.1) is 47.1 Å². The van der Waals surface area contributed by atoms with E-state index in [2.05, 4.69) is 65.6 Å². The maximum atomic E-state index is 14.5. The van der Waals surface area contributed by atoms with Gasteiger partial charge in [-0.2, -0.15) is 5.10 Å². The molecule has 6 rings (SSSR count). The molecule has 9 nitrogen and oxygen atoms in total. The first-order valence-electron chi connectivity index (χ1n) is 14.4. The van der Waals surface area contributed by atoms with Crippen molar-refractivity contribution in [2.24, 2.45) is 0 Å². The highest BCUT2D eigenvalue weighted by Gasteiger charge is 2.40. The SMILES string of the molecule is C=CC(=O)N1CCc2nn(-c3ccc(C(C)C)cc3)c3c2C(C1)N(C(=O)c1ccc(Br)c2ncn(CCOC)c12)CC3. The van der Waals surface area contributed by atoms with Crippen molar-refractivity contribution in [3.63, 3.8) is 0 Å². The molecule has 2 aromatic carbocycles. The molecule has 0 aliphatic carbocycles. The molecule has 2 aliphatic heterocycles. The van der Waals surface area contributed by atoms with Gasteiger partial charge >= 0.3 is 0 Å². The van der Waals surface area contributed by atoms with Gasteiger partial charge in [-0.1, -0.05) is 32.6 Å². The highest BCUT2D eigenvalue weighted by molar-refractivity contribution is 9.10. The Kier molecular flexibility index (Phi) is 7.76. The predicted molar refractivity (Wildman–Crippen MR) is 165 cm³/mol. The molecule has 10 heteroatoms. The average molecular weight is 632 g/mol. The standard InChI is InChI=1S/C32H35BrN6O3/c1-5-28(40)36-14-12-25-29-26(39(35-25)22-8-6-21(7-9-22)20(2)3)13-15-38(27(29)18-36)32(41)23-10-11-24(33)30-31(23)37(19-34-30)16-17-42-4/h5-11,19-20,27H,1,12-18H2,2-4H3. The zero-order chi connectivity index (χ0) is 29.5. The largest absolute Gasteiger partial charge is 0.383 e. The van der Waals surface area contributed by atoms with Crippen molar-refractivity contribution in [2.75, 3.05) is 33.4 Å². The highest BCUT2D eigenvalue weighted by Crippen LogP contribution is 2.38. The van der Waals surface area contributed by atoms with Gasteiger partial charge in [-0.25, -0.2) is 9.67 Å². The maximum Gasteiger partial charge on any atom is 0.256 e. The molecule has 0 bridgehead atoms. The Labute approximate surface area is 253 Å². The number of hydrogen-bond acceptors (Lipinski definition) is 5. The molecule has 2 amide bonds. The average Bonchev–Trinajstić information content (AvgIpc) is 3.54. The third kappa shape index (κ3) is 4.86. The molecular formula is C32H35BrN6O3. The Hall–Kier alpha value is -3.76. The second-order valence-corrected chi connectivity index (χ2v) is 12.0. The van der Waals surface area contributed by atoms with Crippen molar-refractivity contribution in [3.8, 4) is 5.69 Å². The van der Waals surface area contributed by atoms with E-state index in [4.69, 9.17) is 9.84 Å². The van der Waals surface area contributed by atoms with E-state index in [1.807, 2.05) is 26.3 Å². The molecule has 42 heavy (non-hydrogen) atoms. The van der Waals surface area contributed by atoms with E-state index in [0.29, 0.717) is 57.1 Å². The van der Waals surface area contributed by atoms with Crippen LogP contribution in [0.5, 0.6) is 0 Å². The number of amides is 2. The van der Waals surface area contributed by atoms with Crippen molar-refractivity contribution in [1.29, 1.82) is 0 Å². The van der Waals surface area contributed by atoms with Crippen LogP contribution in [0.1, 0.15) is 58.7 Å². The number of hydrogen-bond donors (Lipinski definition) is 0. The number of benzene rings is 2. The summed E-state index contributed by atoms with van der Waals surface area (Å²) in [6.45, 7) is 10.6. The van der Waals surface area contributed by atoms with Gasteiger partial charge in [-0.3, -0.25) is 9.59 Å². The Morgan fingerprint density at radius 1 is 1.14 bits per heavy atom. The van der Waals surface area contributed by atoms with Crippen LogP contribution in [0.3, 0.4) is 0 Å². The van der Waals surface area contributed by atoms with Gasteiger partial charge in [0.1, 0.15) is 5.52 Å². The van der Waals surface area contributed by atoms with Crippen LogP contribution in [0.2, 0.25) is 0 Å². The van der Waals surface area contributed by atoms with Gasteiger partial charge in [0, 0.05) is 56.2 Å². The summed E-state index contributed by atoms with van der Waals surface area (Å²) in [6, 6.07) is 12.0. The van der Waals surface area contributed by atoms with Gasteiger partial charge in [-0.15, -0.1) is 0 Å². The third-order valence-electron chi connectivity index (χ3n) is 8.44. The topological polar surface area (TPSA) is 85.5 Å². The first kappa shape index (κ1) is 28.4. The number of carbonyl (C=O) groups is 2. The molecule has 1 unspecified atom stereocenters. The van der Waals surface area contributed by atoms with E-state index < -0.39 is 0 Å². The minimum atomic E-state index is -0.333. The fourth-order valence-electron chi connectivity index (χ4n) is 6.22. The highest BCUT2D eigenvalue weighted by atomic mass is 79.9. The first-order chi connectivity index (χ1) is 20.3. The zero-order valence-corrected chi connectivity index (χ0v) is 25.8. The Morgan fingerprint density at radius 2 is 1.93 bits per heavy atom. The van der Waals surface area contributed by atoms with E-state index in [-0.39, 0.29) is 17.9 Å². The summed E-state index contributed by atoms with van der Waals surface area (Å²) in [6.07, 6.45) is 4.38. The van der Waals surface area contributed by atoms with Gasteiger partial charge in [-0.05, 0) is 57.8 Å². The number of aromatic nitrogens is 4. The van der Waals surface area contributed by atoms with E-state index in [9.17, 15) is 9.59 Å². The van der Waals surface area contributed by atoms with Gasteiger partial charge in [0.15, 0.2) is 0 Å². The second kappa shape index (κ2) is 11.5. The van der Waals surface area contributed by atoms with Crippen LogP contribution in [-0.4, -0.2) is 74.3 Å². The van der Waals surface area contributed by atoms with Crippen molar-refractivity contribution < 1.29 is 14.3 Å². The number of rotatable bonds is 7. The summed E-state index contributed by atoms with van der Waals surface area (Å²) in [5.74, 6) is 0.218. The molecule has 0 radical (unpaired) electrons. The summed E-state index contributed by atoms with van der Waals surface area (Å²) >= 11 is 3.61. The molecule has 0 spiro atoms. The minimum Gasteiger partial charge on any atom is -0.383 e. The van der Waals surface area contributed by atoms with Gasteiger partial charge < -0.3 is 19.1 Å². The van der Waals surface area contributed by atoms with Crippen LogP contribution in [-0.2, 0) is 28.9 Å². The molecule has 0 fully saturated rings. The van der Waals surface area contributed by atoms with Crippen LogP contribution >= 0.6 is 15.9 Å². The van der Waals surface area contributed by atoms with Gasteiger partial charge in [0.2, 0.25) is 5.91 Å². The minimum absolute atomic E-state index is 0.0878. The van der Waals surface area contributed by atoms with Crippen molar-refractivity contribution >= 4 is 38.8 Å². The molecule has 0 saturated heterocycles. The summed E-state index contributed by atoms with van der Waals surface area (Å²) in [7, 11) is 1.66. The number of nitrogens with zero attached hydrogens (tertiary/aromatic N) is 6. The predicted octanol–water partition coefficient (Wildman–Crippen LogP) is 5.06. The van der Waals surface area contributed by atoms with Crippen LogP contribution < -0.4 is 0 Å².